The molecule has 9 heteroatoms. The van der Waals surface area contributed by atoms with E-state index >= 15 is 0 Å². The molecule has 0 aliphatic heterocycles. The summed E-state index contributed by atoms with van der Waals surface area (Å²) in [6, 6.07) is 9.40. The molecule has 1 aliphatic carbocycles. The summed E-state index contributed by atoms with van der Waals surface area (Å²) in [6.07, 6.45) is -1.69. The first-order valence-corrected chi connectivity index (χ1v) is 11.6. The van der Waals surface area contributed by atoms with Crippen molar-refractivity contribution in [2.24, 2.45) is 11.3 Å². The van der Waals surface area contributed by atoms with E-state index in [4.69, 9.17) is 9.72 Å². The average Bonchev–Trinajstić information content (AvgIpc) is 3.08. The summed E-state index contributed by atoms with van der Waals surface area (Å²) < 4.78 is 48.6. The number of anilines is 2. The molecule has 3 aromatic rings. The number of aromatic nitrogens is 2. The minimum Gasteiger partial charge on any atom is -0.465 e. The lowest BCUT2D eigenvalue weighted by Crippen LogP contribution is -2.29. The number of imidazole rings is 1. The molecule has 0 saturated heterocycles. The van der Waals surface area contributed by atoms with Crippen molar-refractivity contribution in [3.63, 3.8) is 0 Å². The van der Waals surface area contributed by atoms with E-state index in [9.17, 15) is 18.0 Å². The van der Waals surface area contributed by atoms with Crippen LogP contribution in [0.3, 0.4) is 0 Å². The van der Waals surface area contributed by atoms with Crippen molar-refractivity contribution in [3.05, 3.63) is 47.5 Å². The van der Waals surface area contributed by atoms with Gasteiger partial charge in [0.15, 0.2) is 0 Å². The second kappa shape index (κ2) is 9.09. The predicted octanol–water partition coefficient (Wildman–Crippen LogP) is 7.16. The predicted molar refractivity (Wildman–Crippen MR) is 128 cm³/mol. The Morgan fingerprint density at radius 1 is 1.17 bits per heavy atom. The summed E-state index contributed by atoms with van der Waals surface area (Å²) in [5, 5.41) is 3.27. The van der Waals surface area contributed by atoms with Gasteiger partial charge in [0.1, 0.15) is 5.75 Å². The lowest BCUT2D eigenvalue weighted by atomic mass is 9.70. The Hall–Kier alpha value is -3.23. The number of esters is 1. The Labute approximate surface area is 202 Å². The molecule has 0 unspecified atom stereocenters. The fourth-order valence-electron chi connectivity index (χ4n) is 5.39. The Kier molecular flexibility index (Phi) is 6.46. The number of hydrogen-bond acceptors (Lipinski definition) is 5. The first-order chi connectivity index (χ1) is 16.3. The largest absolute Gasteiger partial charge is 0.573 e. The second-order valence-electron chi connectivity index (χ2n) is 10.2. The van der Waals surface area contributed by atoms with Crippen LogP contribution in [0.15, 0.2) is 36.4 Å². The van der Waals surface area contributed by atoms with Gasteiger partial charge in [-0.2, -0.15) is 0 Å². The fraction of sp³-hybridized carbons (Fsp3) is 0.462. The minimum atomic E-state index is -4.75. The SMILES string of the molecule is COC(=O)c1cc2nc(Nc3ccc(OC(F)(F)F)cc3)n([C@H]3C[C@H](C)CC(C)(C)C3)c2cc1C. The highest BCUT2D eigenvalue weighted by molar-refractivity contribution is 5.96. The molecule has 1 aromatic heterocycles. The zero-order chi connectivity index (χ0) is 25.5. The van der Waals surface area contributed by atoms with Crippen LogP contribution in [-0.2, 0) is 4.74 Å². The Bertz CT molecular complexity index is 1230. The maximum atomic E-state index is 12.5. The zero-order valence-corrected chi connectivity index (χ0v) is 20.5. The van der Waals surface area contributed by atoms with Gasteiger partial charge in [-0.05, 0) is 79.5 Å². The molecule has 188 valence electrons. The Morgan fingerprint density at radius 3 is 2.46 bits per heavy atom. The summed E-state index contributed by atoms with van der Waals surface area (Å²) >= 11 is 0. The first-order valence-electron chi connectivity index (χ1n) is 11.6. The van der Waals surface area contributed by atoms with Crippen molar-refractivity contribution >= 4 is 28.6 Å². The molecule has 2 atom stereocenters. The van der Waals surface area contributed by atoms with Gasteiger partial charge in [-0.15, -0.1) is 13.2 Å². The van der Waals surface area contributed by atoms with E-state index in [-0.39, 0.29) is 17.2 Å². The van der Waals surface area contributed by atoms with E-state index in [1.165, 1.54) is 31.4 Å². The second-order valence-corrected chi connectivity index (χ2v) is 10.2. The van der Waals surface area contributed by atoms with Gasteiger partial charge >= 0.3 is 12.3 Å². The zero-order valence-electron chi connectivity index (χ0n) is 20.5. The molecule has 1 heterocycles. The highest BCUT2D eigenvalue weighted by atomic mass is 19.4. The number of benzene rings is 2. The Morgan fingerprint density at radius 2 is 1.86 bits per heavy atom. The van der Waals surface area contributed by atoms with Crippen molar-refractivity contribution in [3.8, 4) is 5.75 Å². The summed E-state index contributed by atoms with van der Waals surface area (Å²) in [4.78, 5) is 17.0. The van der Waals surface area contributed by atoms with Crippen LogP contribution in [-0.4, -0.2) is 29.0 Å². The van der Waals surface area contributed by atoms with Crippen LogP contribution in [0.4, 0.5) is 24.8 Å². The standard InChI is InChI=1S/C26H30F3N3O3/c1-15-10-18(14-25(3,4)13-15)32-22-11-16(2)20(23(33)34-5)12-21(22)31-24(32)30-17-6-8-19(9-7-17)35-26(27,28)29/h6-9,11-12,15,18H,10,13-14H2,1-5H3,(H,30,31)/t15-,18-/m0/s1. The van der Waals surface area contributed by atoms with Gasteiger partial charge in [-0.25, -0.2) is 9.78 Å². The number of nitrogens with zero attached hydrogens (tertiary/aromatic N) is 2. The van der Waals surface area contributed by atoms with E-state index in [1.807, 2.05) is 13.0 Å². The number of alkyl halides is 3. The van der Waals surface area contributed by atoms with Crippen LogP contribution < -0.4 is 10.1 Å². The smallest absolute Gasteiger partial charge is 0.465 e. The van der Waals surface area contributed by atoms with E-state index in [0.29, 0.717) is 28.6 Å². The molecule has 0 spiro atoms. The van der Waals surface area contributed by atoms with Crippen LogP contribution >= 0.6 is 0 Å². The quantitative estimate of drug-likeness (QED) is 0.385. The molecule has 35 heavy (non-hydrogen) atoms. The number of rotatable bonds is 5. The number of methoxy groups -OCH3 is 1. The number of hydrogen-bond donors (Lipinski definition) is 1. The topological polar surface area (TPSA) is 65.4 Å². The van der Waals surface area contributed by atoms with Crippen LogP contribution in [0.25, 0.3) is 11.0 Å². The third kappa shape index (κ3) is 5.55. The molecule has 0 bridgehead atoms. The number of ether oxygens (including phenoxy) is 2. The van der Waals surface area contributed by atoms with Crippen molar-refractivity contribution in [2.75, 3.05) is 12.4 Å². The highest BCUT2D eigenvalue weighted by Gasteiger charge is 2.35. The number of halogens is 3. The number of nitrogens with one attached hydrogen (secondary N) is 1. The molecule has 2 aromatic carbocycles. The summed E-state index contributed by atoms with van der Waals surface area (Å²) in [5.41, 5.74) is 3.49. The number of fused-ring (bicyclic) bond motifs is 1. The normalized spacial score (nSPS) is 20.0. The van der Waals surface area contributed by atoms with Crippen LogP contribution in [0.5, 0.6) is 5.75 Å². The fourth-order valence-corrected chi connectivity index (χ4v) is 5.39. The number of aryl methyl sites for hydroxylation is 1. The average molecular weight is 490 g/mol. The molecular weight excluding hydrogens is 459 g/mol. The van der Waals surface area contributed by atoms with Crippen molar-refractivity contribution in [1.82, 2.24) is 9.55 Å². The first kappa shape index (κ1) is 24.9. The third-order valence-corrected chi connectivity index (χ3v) is 6.51. The molecule has 4 rings (SSSR count). The Balaban J connectivity index is 1.77. The van der Waals surface area contributed by atoms with Gasteiger partial charge in [0.05, 0.1) is 23.7 Å². The lowest BCUT2D eigenvalue weighted by Gasteiger charge is -2.40. The maximum absolute atomic E-state index is 12.5. The van der Waals surface area contributed by atoms with Crippen LogP contribution in [0, 0.1) is 18.3 Å². The summed E-state index contributed by atoms with van der Waals surface area (Å²) in [6.45, 7) is 8.65. The summed E-state index contributed by atoms with van der Waals surface area (Å²) in [5.74, 6) is 0.364. The van der Waals surface area contributed by atoms with E-state index in [0.717, 1.165) is 30.3 Å². The van der Waals surface area contributed by atoms with E-state index < -0.39 is 12.3 Å². The van der Waals surface area contributed by atoms with Crippen LogP contribution in [0.2, 0.25) is 0 Å². The minimum absolute atomic E-state index is 0.147. The number of carbonyl (C=O) groups is 1. The van der Waals surface area contributed by atoms with Gasteiger partial charge in [-0.1, -0.05) is 20.8 Å². The summed E-state index contributed by atoms with van der Waals surface area (Å²) in [7, 11) is 1.34. The van der Waals surface area contributed by atoms with Crippen molar-refractivity contribution in [2.45, 2.75) is 59.4 Å². The van der Waals surface area contributed by atoms with Gasteiger partial charge in [0.25, 0.3) is 0 Å². The lowest BCUT2D eigenvalue weighted by molar-refractivity contribution is -0.274. The molecule has 1 fully saturated rings. The number of carbonyl (C=O) groups excluding carboxylic acids is 1. The van der Waals surface area contributed by atoms with Gasteiger partial charge < -0.3 is 19.4 Å². The van der Waals surface area contributed by atoms with E-state index in [1.54, 1.807) is 6.07 Å². The molecule has 1 N–H and O–H groups in total. The van der Waals surface area contributed by atoms with Gasteiger partial charge in [0.2, 0.25) is 5.95 Å². The molecule has 0 radical (unpaired) electrons. The van der Waals surface area contributed by atoms with Crippen molar-refractivity contribution < 1.29 is 27.4 Å². The molecule has 0 amide bonds. The molecular formula is C26H30F3N3O3. The highest BCUT2D eigenvalue weighted by Crippen LogP contribution is 2.46. The van der Waals surface area contributed by atoms with E-state index in [2.05, 4.69) is 35.4 Å². The van der Waals surface area contributed by atoms with Crippen LogP contribution in [0.1, 0.15) is 62.0 Å². The van der Waals surface area contributed by atoms with Crippen molar-refractivity contribution in [1.29, 1.82) is 0 Å². The van der Waals surface area contributed by atoms with Gasteiger partial charge in [-0.3, -0.25) is 0 Å². The maximum Gasteiger partial charge on any atom is 0.573 e. The van der Waals surface area contributed by atoms with Gasteiger partial charge in [0, 0.05) is 11.7 Å². The third-order valence-electron chi connectivity index (χ3n) is 6.51. The molecule has 1 saturated carbocycles. The molecule has 1 aliphatic rings. The monoisotopic (exact) mass is 489 g/mol. The molecule has 6 nitrogen and oxygen atoms in total.